The standard InChI is InChI=1S/C24H30N4O3/c1-16-23(21(9-10-25-16)17-7-5-4-6-8-17)24(30)26-18-11-19-15-31-20(14-28(19)13-18)12-22(29)27(2)3/h4-10,18-20H,11-15H2,1-3H3,(H,26,30)/t18-,19+,20+/m1/s1. The monoisotopic (exact) mass is 422 g/mol. The van der Waals surface area contributed by atoms with Gasteiger partial charge in [0.05, 0.1) is 30.4 Å². The molecule has 7 heteroatoms. The highest BCUT2D eigenvalue weighted by Gasteiger charge is 2.38. The van der Waals surface area contributed by atoms with Crippen molar-refractivity contribution in [1.82, 2.24) is 20.1 Å². The van der Waals surface area contributed by atoms with Crippen LogP contribution in [-0.4, -0.2) is 78.6 Å². The fraction of sp³-hybridized carbons (Fsp3) is 0.458. The topological polar surface area (TPSA) is 74.8 Å². The van der Waals surface area contributed by atoms with Crippen molar-refractivity contribution in [2.24, 2.45) is 0 Å². The van der Waals surface area contributed by atoms with E-state index in [0.29, 0.717) is 18.6 Å². The molecule has 4 rings (SSSR count). The van der Waals surface area contributed by atoms with Gasteiger partial charge in [-0.1, -0.05) is 30.3 Å². The summed E-state index contributed by atoms with van der Waals surface area (Å²) in [7, 11) is 3.53. The fourth-order valence-corrected chi connectivity index (χ4v) is 4.52. The van der Waals surface area contributed by atoms with Crippen LogP contribution >= 0.6 is 0 Å². The number of hydrogen-bond donors (Lipinski definition) is 1. The van der Waals surface area contributed by atoms with Crippen LogP contribution in [-0.2, 0) is 9.53 Å². The number of nitrogens with zero attached hydrogens (tertiary/aromatic N) is 3. The lowest BCUT2D eigenvalue weighted by atomic mass is 9.98. The number of nitrogens with one attached hydrogen (secondary N) is 1. The molecule has 2 aromatic rings. The summed E-state index contributed by atoms with van der Waals surface area (Å²) in [4.78, 5) is 33.6. The molecule has 2 aliphatic heterocycles. The fourth-order valence-electron chi connectivity index (χ4n) is 4.52. The molecular weight excluding hydrogens is 392 g/mol. The number of benzene rings is 1. The highest BCUT2D eigenvalue weighted by molar-refractivity contribution is 6.02. The summed E-state index contributed by atoms with van der Waals surface area (Å²) in [6.45, 7) is 3.96. The lowest BCUT2D eigenvalue weighted by Crippen LogP contribution is -2.47. The van der Waals surface area contributed by atoms with Crippen LogP contribution in [0.15, 0.2) is 42.6 Å². The van der Waals surface area contributed by atoms with E-state index in [1.165, 1.54) is 0 Å². The van der Waals surface area contributed by atoms with Gasteiger partial charge in [0.2, 0.25) is 5.91 Å². The number of fused-ring (bicyclic) bond motifs is 1. The van der Waals surface area contributed by atoms with E-state index in [0.717, 1.165) is 36.3 Å². The molecule has 0 bridgehead atoms. The van der Waals surface area contributed by atoms with E-state index >= 15 is 0 Å². The molecule has 31 heavy (non-hydrogen) atoms. The van der Waals surface area contributed by atoms with Crippen LogP contribution in [0.5, 0.6) is 0 Å². The first kappa shape index (κ1) is 21.5. The van der Waals surface area contributed by atoms with Gasteiger partial charge in [-0.05, 0) is 30.5 Å². The summed E-state index contributed by atoms with van der Waals surface area (Å²) in [5.74, 6) is -0.0115. The molecule has 3 atom stereocenters. The Bertz CT molecular complexity index is 947. The second-order valence-electron chi connectivity index (χ2n) is 8.65. The third kappa shape index (κ3) is 4.78. The number of amides is 2. The average molecular weight is 423 g/mol. The van der Waals surface area contributed by atoms with Gasteiger partial charge in [0.15, 0.2) is 0 Å². The lowest BCUT2D eigenvalue weighted by molar-refractivity contribution is -0.134. The molecule has 3 heterocycles. The first-order valence-corrected chi connectivity index (χ1v) is 10.8. The minimum Gasteiger partial charge on any atom is -0.375 e. The zero-order valence-electron chi connectivity index (χ0n) is 18.4. The summed E-state index contributed by atoms with van der Waals surface area (Å²) in [6, 6.07) is 12.1. The number of aromatic nitrogens is 1. The summed E-state index contributed by atoms with van der Waals surface area (Å²) in [6.07, 6.45) is 2.89. The average Bonchev–Trinajstić information content (AvgIpc) is 3.15. The molecule has 1 aromatic heterocycles. The molecule has 0 saturated carbocycles. The van der Waals surface area contributed by atoms with Crippen LogP contribution in [0.2, 0.25) is 0 Å². The summed E-state index contributed by atoms with van der Waals surface area (Å²) >= 11 is 0. The second kappa shape index (κ2) is 9.16. The lowest BCUT2D eigenvalue weighted by Gasteiger charge is -2.35. The van der Waals surface area contributed by atoms with Crippen LogP contribution in [0.3, 0.4) is 0 Å². The van der Waals surface area contributed by atoms with Gasteiger partial charge >= 0.3 is 0 Å². The molecule has 0 aliphatic carbocycles. The number of morpholine rings is 1. The minimum absolute atomic E-state index is 0.0487. The number of ether oxygens (including phenoxy) is 1. The third-order valence-electron chi connectivity index (χ3n) is 6.18. The first-order chi connectivity index (χ1) is 14.9. The molecule has 2 fully saturated rings. The van der Waals surface area contributed by atoms with Gasteiger partial charge in [0.1, 0.15) is 0 Å². The van der Waals surface area contributed by atoms with E-state index in [9.17, 15) is 9.59 Å². The number of hydrogen-bond acceptors (Lipinski definition) is 5. The predicted octanol–water partition coefficient (Wildman–Crippen LogP) is 2.11. The number of carbonyl (C=O) groups excluding carboxylic acids is 2. The molecule has 0 unspecified atom stereocenters. The van der Waals surface area contributed by atoms with Gasteiger partial charge in [-0.15, -0.1) is 0 Å². The van der Waals surface area contributed by atoms with Crippen molar-refractivity contribution in [1.29, 1.82) is 0 Å². The van der Waals surface area contributed by atoms with Gasteiger partial charge in [0.25, 0.3) is 5.91 Å². The molecule has 2 amide bonds. The van der Waals surface area contributed by atoms with Crippen LogP contribution in [0.1, 0.15) is 28.9 Å². The van der Waals surface area contributed by atoms with Crippen molar-refractivity contribution in [3.05, 3.63) is 53.9 Å². The van der Waals surface area contributed by atoms with Gasteiger partial charge < -0.3 is 15.0 Å². The maximum Gasteiger partial charge on any atom is 0.254 e. The van der Waals surface area contributed by atoms with Crippen LogP contribution < -0.4 is 5.32 Å². The van der Waals surface area contributed by atoms with Crippen molar-refractivity contribution >= 4 is 11.8 Å². The Morgan fingerprint density at radius 3 is 2.71 bits per heavy atom. The zero-order chi connectivity index (χ0) is 22.0. The molecule has 1 aromatic carbocycles. The van der Waals surface area contributed by atoms with Gasteiger partial charge in [0, 0.05) is 45.5 Å². The largest absolute Gasteiger partial charge is 0.375 e. The third-order valence-corrected chi connectivity index (χ3v) is 6.18. The SMILES string of the molecule is Cc1nccc(-c2ccccc2)c1C(=O)N[C@@H]1C[C@H]2CO[C@@H](CC(=O)N(C)C)CN2C1. The Balaban J connectivity index is 1.43. The molecular formula is C24H30N4O3. The van der Waals surface area contributed by atoms with E-state index in [-0.39, 0.29) is 30.0 Å². The Hall–Kier alpha value is -2.77. The molecule has 7 nitrogen and oxygen atoms in total. The number of aryl methyl sites for hydroxylation is 1. The van der Waals surface area contributed by atoms with E-state index < -0.39 is 0 Å². The van der Waals surface area contributed by atoms with E-state index in [1.807, 2.05) is 43.3 Å². The molecule has 2 aliphatic rings. The highest BCUT2D eigenvalue weighted by atomic mass is 16.5. The van der Waals surface area contributed by atoms with Crippen molar-refractivity contribution in [3.63, 3.8) is 0 Å². The van der Waals surface area contributed by atoms with E-state index in [2.05, 4.69) is 15.2 Å². The smallest absolute Gasteiger partial charge is 0.254 e. The first-order valence-electron chi connectivity index (χ1n) is 10.8. The summed E-state index contributed by atoms with van der Waals surface area (Å²) in [5.41, 5.74) is 3.25. The Labute approximate surface area is 183 Å². The number of rotatable bonds is 5. The Morgan fingerprint density at radius 2 is 1.97 bits per heavy atom. The molecule has 0 spiro atoms. The maximum absolute atomic E-state index is 13.3. The molecule has 164 valence electrons. The van der Waals surface area contributed by atoms with Gasteiger partial charge in [-0.2, -0.15) is 0 Å². The number of pyridine rings is 1. The van der Waals surface area contributed by atoms with Crippen molar-refractivity contribution in [2.75, 3.05) is 33.8 Å². The molecule has 1 N–H and O–H groups in total. The molecule has 2 saturated heterocycles. The van der Waals surface area contributed by atoms with Gasteiger partial charge in [-0.25, -0.2) is 0 Å². The van der Waals surface area contributed by atoms with E-state index in [1.54, 1.807) is 25.2 Å². The van der Waals surface area contributed by atoms with Gasteiger partial charge in [-0.3, -0.25) is 19.5 Å². The van der Waals surface area contributed by atoms with E-state index in [4.69, 9.17) is 4.74 Å². The quantitative estimate of drug-likeness (QED) is 0.799. The van der Waals surface area contributed by atoms with Crippen molar-refractivity contribution in [2.45, 2.75) is 38.0 Å². The van der Waals surface area contributed by atoms with Crippen molar-refractivity contribution in [3.8, 4) is 11.1 Å². The maximum atomic E-state index is 13.3. The Kier molecular flexibility index (Phi) is 6.34. The predicted molar refractivity (Wildman–Crippen MR) is 119 cm³/mol. The number of carbonyl (C=O) groups is 2. The highest BCUT2D eigenvalue weighted by Crippen LogP contribution is 2.27. The second-order valence-corrected chi connectivity index (χ2v) is 8.65. The van der Waals surface area contributed by atoms with Crippen LogP contribution in [0.25, 0.3) is 11.1 Å². The zero-order valence-corrected chi connectivity index (χ0v) is 18.4. The van der Waals surface area contributed by atoms with Crippen LogP contribution in [0.4, 0.5) is 0 Å². The minimum atomic E-state index is -0.0918. The normalized spacial score (nSPS) is 23.3. The summed E-state index contributed by atoms with van der Waals surface area (Å²) in [5, 5.41) is 3.23. The van der Waals surface area contributed by atoms with Crippen molar-refractivity contribution < 1.29 is 14.3 Å². The molecule has 0 radical (unpaired) electrons. The van der Waals surface area contributed by atoms with Crippen LogP contribution in [0, 0.1) is 6.92 Å². The Morgan fingerprint density at radius 1 is 1.19 bits per heavy atom. The summed E-state index contributed by atoms with van der Waals surface area (Å²) < 4.78 is 5.93.